The highest BCUT2D eigenvalue weighted by Gasteiger charge is 2.12. The van der Waals surface area contributed by atoms with Crippen molar-refractivity contribution in [1.82, 2.24) is 0 Å². The zero-order valence-corrected chi connectivity index (χ0v) is 11.0. The monoisotopic (exact) mass is 263 g/mol. The third-order valence-electron chi connectivity index (χ3n) is 2.08. The topological polar surface area (TPSA) is 153 Å². The summed E-state index contributed by atoms with van der Waals surface area (Å²) in [4.78, 5) is 20.1. The highest BCUT2D eigenvalue weighted by molar-refractivity contribution is 5.73. The van der Waals surface area contributed by atoms with E-state index >= 15 is 0 Å². The molecule has 0 saturated heterocycles. The predicted molar refractivity (Wildman–Crippen MR) is 69.0 cm³/mol. The molecule has 0 unspecified atom stereocenters. The summed E-state index contributed by atoms with van der Waals surface area (Å²) in [5.41, 5.74) is 15.5. The van der Waals surface area contributed by atoms with Crippen molar-refractivity contribution >= 4 is 11.9 Å². The minimum absolute atomic E-state index is 0.357. The second-order valence-electron chi connectivity index (χ2n) is 4.45. The Labute approximate surface area is 107 Å². The van der Waals surface area contributed by atoms with Crippen molar-refractivity contribution in [1.29, 1.82) is 0 Å². The van der Waals surface area contributed by atoms with E-state index in [0.717, 1.165) is 0 Å². The maximum absolute atomic E-state index is 10.1. The fraction of sp³-hybridized carbons (Fsp3) is 0.818. The molecule has 0 aromatic rings. The highest BCUT2D eigenvalue weighted by atomic mass is 16.4. The summed E-state index contributed by atoms with van der Waals surface area (Å²) in [5, 5.41) is 16.5. The van der Waals surface area contributed by atoms with Gasteiger partial charge in [-0.1, -0.05) is 13.8 Å². The van der Waals surface area contributed by atoms with Crippen molar-refractivity contribution < 1.29 is 19.8 Å². The van der Waals surface area contributed by atoms with Gasteiger partial charge in [0.25, 0.3) is 0 Å². The van der Waals surface area contributed by atoms with E-state index < -0.39 is 24.0 Å². The van der Waals surface area contributed by atoms with Gasteiger partial charge in [0, 0.05) is 0 Å². The second-order valence-corrected chi connectivity index (χ2v) is 4.45. The van der Waals surface area contributed by atoms with Gasteiger partial charge < -0.3 is 27.4 Å². The molecule has 0 aliphatic carbocycles. The van der Waals surface area contributed by atoms with Crippen LogP contribution < -0.4 is 17.2 Å². The minimum atomic E-state index is -0.955. The molecule has 0 aliphatic heterocycles. The van der Waals surface area contributed by atoms with Crippen LogP contribution in [0.2, 0.25) is 0 Å². The quantitative estimate of drug-likeness (QED) is 0.418. The van der Waals surface area contributed by atoms with Crippen molar-refractivity contribution in [3.63, 3.8) is 0 Å². The number of aliphatic carboxylic acids is 2. The standard InChI is InChI=1S/C6H13NO2.C5H12N2O2/c1-4(2)3-5(7)6(8)9;6-3-1-2-4(7)5(8)9/h4-5H,3,7H2,1-2H3,(H,8,9);4H,1-3,6-7H2,(H,8,9)/t5-;4-/m00/s1. The van der Waals surface area contributed by atoms with Gasteiger partial charge in [0.1, 0.15) is 12.1 Å². The molecule has 0 heterocycles. The molecule has 0 saturated carbocycles. The Bertz CT molecular complexity index is 246. The third-order valence-corrected chi connectivity index (χ3v) is 2.08. The molecule has 18 heavy (non-hydrogen) atoms. The summed E-state index contributed by atoms with van der Waals surface area (Å²) in [6.07, 6.45) is 1.69. The van der Waals surface area contributed by atoms with Gasteiger partial charge >= 0.3 is 11.9 Å². The van der Waals surface area contributed by atoms with Crippen LogP contribution in [0.4, 0.5) is 0 Å². The normalized spacial score (nSPS) is 13.4. The van der Waals surface area contributed by atoms with E-state index in [1.165, 1.54) is 0 Å². The van der Waals surface area contributed by atoms with Crippen molar-refractivity contribution in [2.45, 2.75) is 45.2 Å². The molecule has 0 fully saturated rings. The van der Waals surface area contributed by atoms with E-state index in [-0.39, 0.29) is 0 Å². The molecular formula is C11H25N3O4. The fourth-order valence-corrected chi connectivity index (χ4v) is 1.07. The first-order valence-electron chi connectivity index (χ1n) is 5.89. The van der Waals surface area contributed by atoms with Crippen LogP contribution in [0.3, 0.4) is 0 Å². The summed E-state index contributed by atoms with van der Waals surface area (Å²) in [7, 11) is 0. The number of rotatable bonds is 7. The van der Waals surface area contributed by atoms with Crippen LogP contribution in [0.25, 0.3) is 0 Å². The molecule has 0 aliphatic rings. The van der Waals surface area contributed by atoms with Crippen LogP contribution in [0, 0.1) is 5.92 Å². The Morgan fingerprint density at radius 2 is 1.50 bits per heavy atom. The summed E-state index contributed by atoms with van der Waals surface area (Å²) in [5.74, 6) is -1.51. The lowest BCUT2D eigenvalue weighted by Gasteiger charge is -2.07. The lowest BCUT2D eigenvalue weighted by Crippen LogP contribution is -2.31. The smallest absolute Gasteiger partial charge is 0.320 e. The Kier molecular flexibility index (Phi) is 11.7. The van der Waals surface area contributed by atoms with Gasteiger partial charge in [-0.15, -0.1) is 0 Å². The number of hydrogen-bond donors (Lipinski definition) is 5. The van der Waals surface area contributed by atoms with Crippen molar-refractivity contribution in [3.05, 3.63) is 0 Å². The van der Waals surface area contributed by atoms with Crippen LogP contribution in [0.5, 0.6) is 0 Å². The zero-order chi connectivity index (χ0) is 14.7. The lowest BCUT2D eigenvalue weighted by molar-refractivity contribution is -0.139. The summed E-state index contributed by atoms with van der Waals surface area (Å²) in [6.45, 7) is 4.40. The molecule has 0 rings (SSSR count). The van der Waals surface area contributed by atoms with E-state index in [1.807, 2.05) is 13.8 Å². The Balaban J connectivity index is 0. The first kappa shape index (κ1) is 19.2. The number of nitrogens with two attached hydrogens (primary N) is 3. The Morgan fingerprint density at radius 1 is 1.06 bits per heavy atom. The van der Waals surface area contributed by atoms with Gasteiger partial charge in [0.2, 0.25) is 0 Å². The van der Waals surface area contributed by atoms with Crippen molar-refractivity contribution in [3.8, 4) is 0 Å². The van der Waals surface area contributed by atoms with E-state index in [2.05, 4.69) is 0 Å². The van der Waals surface area contributed by atoms with Gasteiger partial charge in [-0.05, 0) is 31.7 Å². The first-order valence-corrected chi connectivity index (χ1v) is 5.89. The number of carbonyl (C=O) groups is 2. The minimum Gasteiger partial charge on any atom is -0.480 e. The van der Waals surface area contributed by atoms with Crippen molar-refractivity contribution in [2.24, 2.45) is 23.1 Å². The number of carboxylic acid groups (broad SMARTS) is 2. The summed E-state index contributed by atoms with van der Waals surface area (Å²) < 4.78 is 0. The molecule has 0 spiro atoms. The molecule has 0 amide bonds. The second kappa shape index (κ2) is 10.9. The first-order chi connectivity index (χ1) is 8.22. The van der Waals surface area contributed by atoms with E-state index in [1.54, 1.807) is 0 Å². The fourth-order valence-electron chi connectivity index (χ4n) is 1.07. The molecule has 7 nitrogen and oxygen atoms in total. The molecule has 108 valence electrons. The highest BCUT2D eigenvalue weighted by Crippen LogP contribution is 2.01. The predicted octanol–water partition coefficient (Wildman–Crippen LogP) is -0.418. The van der Waals surface area contributed by atoms with E-state index in [4.69, 9.17) is 27.4 Å². The average molecular weight is 263 g/mol. The van der Waals surface area contributed by atoms with Gasteiger partial charge in [-0.3, -0.25) is 9.59 Å². The van der Waals surface area contributed by atoms with Gasteiger partial charge in [0.05, 0.1) is 0 Å². The molecule has 8 N–H and O–H groups in total. The average Bonchev–Trinajstić information content (AvgIpc) is 2.25. The zero-order valence-electron chi connectivity index (χ0n) is 11.0. The molecular weight excluding hydrogens is 238 g/mol. The molecule has 0 bridgehead atoms. The van der Waals surface area contributed by atoms with Gasteiger partial charge in [0.15, 0.2) is 0 Å². The third kappa shape index (κ3) is 12.9. The lowest BCUT2D eigenvalue weighted by atomic mass is 10.1. The van der Waals surface area contributed by atoms with Crippen LogP contribution in [0.1, 0.15) is 33.1 Å². The number of carboxylic acids is 2. The van der Waals surface area contributed by atoms with Gasteiger partial charge in [-0.2, -0.15) is 0 Å². The van der Waals surface area contributed by atoms with Crippen molar-refractivity contribution in [2.75, 3.05) is 6.54 Å². The van der Waals surface area contributed by atoms with Crippen LogP contribution in [0.15, 0.2) is 0 Å². The van der Waals surface area contributed by atoms with E-state index in [9.17, 15) is 9.59 Å². The maximum atomic E-state index is 10.1. The number of hydrogen-bond acceptors (Lipinski definition) is 5. The van der Waals surface area contributed by atoms with Gasteiger partial charge in [-0.25, -0.2) is 0 Å². The Hall–Kier alpha value is -1.18. The Morgan fingerprint density at radius 3 is 1.72 bits per heavy atom. The van der Waals surface area contributed by atoms with Crippen LogP contribution in [-0.2, 0) is 9.59 Å². The summed E-state index contributed by atoms with van der Waals surface area (Å²) in [6, 6.07) is -1.43. The van der Waals surface area contributed by atoms with Crippen LogP contribution in [-0.4, -0.2) is 40.8 Å². The molecule has 0 aromatic heterocycles. The molecule has 7 heteroatoms. The SMILES string of the molecule is CC(C)C[C@H](N)C(=O)O.NCCC[C@H](N)C(=O)O. The summed E-state index contributed by atoms with van der Waals surface area (Å²) >= 11 is 0. The molecule has 0 aromatic carbocycles. The van der Waals surface area contributed by atoms with Crippen LogP contribution >= 0.6 is 0 Å². The largest absolute Gasteiger partial charge is 0.480 e. The maximum Gasteiger partial charge on any atom is 0.320 e. The molecule has 0 radical (unpaired) electrons. The van der Waals surface area contributed by atoms with E-state index in [0.29, 0.717) is 31.7 Å². The molecule has 2 atom stereocenters.